The molecule has 0 spiro atoms. The number of hydrogen-bond acceptors (Lipinski definition) is 5. The van der Waals surface area contributed by atoms with E-state index in [2.05, 4.69) is 10.3 Å². The van der Waals surface area contributed by atoms with Crippen molar-refractivity contribution < 1.29 is 17.6 Å². The molecule has 3 heterocycles. The van der Waals surface area contributed by atoms with Crippen molar-refractivity contribution in [2.45, 2.75) is 4.90 Å². The van der Waals surface area contributed by atoms with Crippen LogP contribution >= 0.6 is 0 Å². The second-order valence-electron chi connectivity index (χ2n) is 4.36. The second-order valence-corrected chi connectivity index (χ2v) is 6.21. The van der Waals surface area contributed by atoms with Gasteiger partial charge in [0.1, 0.15) is 16.9 Å². The molecule has 1 amide bonds. The lowest BCUT2D eigenvalue weighted by molar-refractivity contribution is 0.102. The Hall–Kier alpha value is -2.87. The van der Waals surface area contributed by atoms with Gasteiger partial charge in [-0.05, 0) is 24.3 Å². The van der Waals surface area contributed by atoms with E-state index in [1.807, 2.05) is 0 Å². The van der Waals surface area contributed by atoms with Crippen LogP contribution in [0.2, 0.25) is 0 Å². The van der Waals surface area contributed by atoms with Crippen molar-refractivity contribution in [1.82, 2.24) is 8.96 Å². The van der Waals surface area contributed by atoms with E-state index in [4.69, 9.17) is 4.42 Å². The lowest BCUT2D eigenvalue weighted by atomic mass is 10.3. The summed E-state index contributed by atoms with van der Waals surface area (Å²) in [4.78, 5) is 15.9. The van der Waals surface area contributed by atoms with E-state index in [1.54, 1.807) is 18.2 Å². The smallest absolute Gasteiger partial charge is 0.274 e. The van der Waals surface area contributed by atoms with Crippen LogP contribution in [-0.4, -0.2) is 23.3 Å². The fourth-order valence-electron chi connectivity index (χ4n) is 1.81. The van der Waals surface area contributed by atoms with Crippen molar-refractivity contribution in [2.75, 3.05) is 5.32 Å². The summed E-state index contributed by atoms with van der Waals surface area (Å²) >= 11 is 0. The maximum atomic E-state index is 12.2. The predicted octanol–water partition coefficient (Wildman–Crippen LogP) is 1.97. The van der Waals surface area contributed by atoms with Gasteiger partial charge in [0.05, 0.1) is 12.0 Å². The fraction of sp³-hybridized carbons (Fsp3) is 0. The molecule has 8 heteroatoms. The Bertz CT molecular complexity index is 883. The molecule has 3 aromatic heterocycles. The highest BCUT2D eigenvalue weighted by atomic mass is 32.2. The summed E-state index contributed by atoms with van der Waals surface area (Å²) in [6.45, 7) is 0. The molecule has 0 aliphatic rings. The quantitative estimate of drug-likeness (QED) is 0.794. The molecule has 0 saturated heterocycles. The summed E-state index contributed by atoms with van der Waals surface area (Å²) in [6, 6.07) is 7.79. The third kappa shape index (κ3) is 2.63. The molecule has 22 heavy (non-hydrogen) atoms. The number of pyridine rings is 1. The average molecular weight is 317 g/mol. The van der Waals surface area contributed by atoms with E-state index in [1.165, 1.54) is 37.0 Å². The van der Waals surface area contributed by atoms with Crippen LogP contribution in [0.4, 0.5) is 5.69 Å². The average Bonchev–Trinajstić information content (AvgIpc) is 3.20. The van der Waals surface area contributed by atoms with E-state index >= 15 is 0 Å². The fourth-order valence-corrected chi connectivity index (χ4v) is 2.93. The van der Waals surface area contributed by atoms with E-state index in [-0.39, 0.29) is 10.6 Å². The first-order chi connectivity index (χ1) is 10.6. The zero-order valence-corrected chi connectivity index (χ0v) is 12.0. The normalized spacial score (nSPS) is 11.3. The van der Waals surface area contributed by atoms with Gasteiger partial charge in [-0.15, -0.1) is 0 Å². The number of amides is 1. The number of nitrogens with zero attached hydrogens (tertiary/aromatic N) is 2. The van der Waals surface area contributed by atoms with E-state index in [9.17, 15) is 13.2 Å². The lowest BCUT2D eigenvalue weighted by Gasteiger charge is -2.03. The van der Waals surface area contributed by atoms with Crippen LogP contribution in [0, 0.1) is 0 Å². The van der Waals surface area contributed by atoms with Gasteiger partial charge in [-0.3, -0.25) is 9.78 Å². The van der Waals surface area contributed by atoms with Gasteiger partial charge in [0.2, 0.25) is 0 Å². The SMILES string of the molecule is O=C(Nc1ccn(S(=O)(=O)c2ccoc2)c1)c1ccccn1. The van der Waals surface area contributed by atoms with E-state index in [0.717, 1.165) is 10.2 Å². The zero-order chi connectivity index (χ0) is 15.6. The van der Waals surface area contributed by atoms with Gasteiger partial charge in [-0.2, -0.15) is 0 Å². The molecule has 0 aliphatic heterocycles. The van der Waals surface area contributed by atoms with Gasteiger partial charge in [-0.25, -0.2) is 12.4 Å². The standard InChI is InChI=1S/C14H11N3O4S/c18-14(13-3-1-2-6-15-13)16-11-4-7-17(9-11)22(19,20)12-5-8-21-10-12/h1-10H,(H,16,18). The molecule has 0 radical (unpaired) electrons. The molecule has 0 unspecified atom stereocenters. The first-order valence-corrected chi connectivity index (χ1v) is 7.69. The summed E-state index contributed by atoms with van der Waals surface area (Å²) in [5, 5.41) is 2.59. The maximum Gasteiger partial charge on any atom is 0.274 e. The highest BCUT2D eigenvalue weighted by Crippen LogP contribution is 2.18. The van der Waals surface area contributed by atoms with Gasteiger partial charge in [-0.1, -0.05) is 6.07 Å². The number of rotatable bonds is 4. The molecule has 1 N–H and O–H groups in total. The molecule has 7 nitrogen and oxygen atoms in total. The summed E-state index contributed by atoms with van der Waals surface area (Å²) in [5.74, 6) is -0.418. The van der Waals surface area contributed by atoms with Crippen molar-refractivity contribution in [3.63, 3.8) is 0 Å². The molecule has 0 fully saturated rings. The van der Waals surface area contributed by atoms with Gasteiger partial charge in [0.25, 0.3) is 15.9 Å². The molecule has 0 aliphatic carbocycles. The molecular weight excluding hydrogens is 306 g/mol. The van der Waals surface area contributed by atoms with Crippen LogP contribution < -0.4 is 5.32 Å². The minimum Gasteiger partial charge on any atom is -0.471 e. The molecule has 3 rings (SSSR count). The number of anilines is 1. The summed E-state index contributed by atoms with van der Waals surface area (Å²) in [6.07, 6.45) is 6.57. The number of furan rings is 1. The number of carbonyl (C=O) groups excluding carboxylic acids is 1. The van der Waals surface area contributed by atoms with Gasteiger partial charge >= 0.3 is 0 Å². The molecule has 0 atom stereocenters. The predicted molar refractivity (Wildman–Crippen MR) is 77.9 cm³/mol. The summed E-state index contributed by atoms with van der Waals surface area (Å²) in [7, 11) is -3.72. The molecule has 0 saturated carbocycles. The van der Waals surface area contributed by atoms with Crippen molar-refractivity contribution in [2.24, 2.45) is 0 Å². The molecule has 3 aromatic rings. The van der Waals surface area contributed by atoms with Crippen molar-refractivity contribution in [1.29, 1.82) is 0 Å². The Morgan fingerprint density at radius 2 is 2.09 bits per heavy atom. The zero-order valence-electron chi connectivity index (χ0n) is 11.2. The van der Waals surface area contributed by atoms with Crippen molar-refractivity contribution in [3.8, 4) is 0 Å². The minimum absolute atomic E-state index is 0.0331. The monoisotopic (exact) mass is 317 g/mol. The van der Waals surface area contributed by atoms with Crippen molar-refractivity contribution >= 4 is 21.6 Å². The Balaban J connectivity index is 1.82. The highest BCUT2D eigenvalue weighted by molar-refractivity contribution is 7.90. The number of aromatic nitrogens is 2. The summed E-state index contributed by atoms with van der Waals surface area (Å²) < 4.78 is 30.3. The van der Waals surface area contributed by atoms with Gasteiger partial charge in [0.15, 0.2) is 0 Å². The molecule has 0 aromatic carbocycles. The van der Waals surface area contributed by atoms with Crippen LogP contribution in [0.25, 0.3) is 0 Å². The number of nitrogens with one attached hydrogen (secondary N) is 1. The van der Waals surface area contributed by atoms with Crippen molar-refractivity contribution in [3.05, 3.63) is 67.1 Å². The second kappa shape index (κ2) is 5.49. The van der Waals surface area contributed by atoms with E-state index in [0.29, 0.717) is 5.69 Å². The van der Waals surface area contributed by atoms with Crippen LogP contribution in [0.3, 0.4) is 0 Å². The Morgan fingerprint density at radius 3 is 2.77 bits per heavy atom. The minimum atomic E-state index is -3.72. The summed E-state index contributed by atoms with van der Waals surface area (Å²) in [5.41, 5.74) is 0.593. The molecular formula is C14H11N3O4S. The third-order valence-electron chi connectivity index (χ3n) is 2.89. The first-order valence-electron chi connectivity index (χ1n) is 6.25. The first kappa shape index (κ1) is 14.1. The van der Waals surface area contributed by atoms with Gasteiger partial charge < -0.3 is 9.73 Å². The maximum absolute atomic E-state index is 12.2. The van der Waals surface area contributed by atoms with E-state index < -0.39 is 15.9 Å². The Morgan fingerprint density at radius 1 is 1.23 bits per heavy atom. The van der Waals surface area contributed by atoms with Crippen LogP contribution in [0.15, 0.2) is 70.8 Å². The number of carbonyl (C=O) groups is 1. The molecule has 0 bridgehead atoms. The third-order valence-corrected chi connectivity index (χ3v) is 4.50. The largest absolute Gasteiger partial charge is 0.471 e. The Labute approximate surface area is 126 Å². The Kier molecular flexibility index (Phi) is 3.51. The number of hydrogen-bond donors (Lipinski definition) is 1. The van der Waals surface area contributed by atoms with Crippen LogP contribution in [-0.2, 0) is 10.0 Å². The lowest BCUT2D eigenvalue weighted by Crippen LogP contribution is -2.13. The molecule has 112 valence electrons. The van der Waals surface area contributed by atoms with Gasteiger partial charge in [0, 0.05) is 18.6 Å². The van der Waals surface area contributed by atoms with Crippen LogP contribution in [0.1, 0.15) is 10.5 Å². The topological polar surface area (TPSA) is 94.2 Å². The van der Waals surface area contributed by atoms with Crippen LogP contribution in [0.5, 0.6) is 0 Å². The highest BCUT2D eigenvalue weighted by Gasteiger charge is 2.18.